The monoisotopic (exact) mass is 360 g/mol. The summed E-state index contributed by atoms with van der Waals surface area (Å²) in [5.41, 5.74) is 7.03. The number of rotatable bonds is 3. The minimum absolute atomic E-state index is 0.354. The molecule has 0 spiro atoms. The average Bonchev–Trinajstić information content (AvgIpc) is 3.02. The third kappa shape index (κ3) is 4.15. The van der Waals surface area contributed by atoms with Gasteiger partial charge in [0.1, 0.15) is 4.88 Å². The SMILES string of the molecule is Cc1cccc(C(=O)NNC(=O)c2sc(N3CCOCC3)nc2C)c1. The Hall–Kier alpha value is -2.45. The van der Waals surface area contributed by atoms with Crippen LogP contribution in [0.5, 0.6) is 0 Å². The number of hydrogen-bond acceptors (Lipinski definition) is 6. The summed E-state index contributed by atoms with van der Waals surface area (Å²) in [5, 5.41) is 0.802. The third-order valence-electron chi connectivity index (χ3n) is 3.84. The van der Waals surface area contributed by atoms with Gasteiger partial charge in [0.05, 0.1) is 18.9 Å². The van der Waals surface area contributed by atoms with Crippen LogP contribution in [0.4, 0.5) is 5.13 Å². The molecule has 0 radical (unpaired) electrons. The lowest BCUT2D eigenvalue weighted by Gasteiger charge is -2.25. The number of morpholine rings is 1. The molecule has 1 aromatic carbocycles. The van der Waals surface area contributed by atoms with Crippen molar-refractivity contribution in [3.8, 4) is 0 Å². The number of hydrogen-bond donors (Lipinski definition) is 2. The highest BCUT2D eigenvalue weighted by atomic mass is 32.1. The molecule has 0 bridgehead atoms. The van der Waals surface area contributed by atoms with E-state index in [1.54, 1.807) is 25.1 Å². The van der Waals surface area contributed by atoms with Crippen LogP contribution >= 0.6 is 11.3 Å². The van der Waals surface area contributed by atoms with Crippen LogP contribution in [0, 0.1) is 13.8 Å². The van der Waals surface area contributed by atoms with Crippen molar-refractivity contribution in [2.75, 3.05) is 31.2 Å². The highest BCUT2D eigenvalue weighted by Gasteiger charge is 2.20. The van der Waals surface area contributed by atoms with Gasteiger partial charge in [-0.1, -0.05) is 29.0 Å². The maximum Gasteiger partial charge on any atom is 0.281 e. The summed E-state index contributed by atoms with van der Waals surface area (Å²) < 4.78 is 5.33. The van der Waals surface area contributed by atoms with Crippen molar-refractivity contribution in [2.45, 2.75) is 13.8 Å². The van der Waals surface area contributed by atoms with E-state index < -0.39 is 0 Å². The number of aryl methyl sites for hydroxylation is 2. The topological polar surface area (TPSA) is 83.6 Å². The van der Waals surface area contributed by atoms with Gasteiger partial charge in [-0.3, -0.25) is 20.4 Å². The average molecular weight is 360 g/mol. The first kappa shape index (κ1) is 17.4. The molecule has 1 saturated heterocycles. The standard InChI is InChI=1S/C17H20N4O3S/c1-11-4-3-5-13(10-11)15(22)19-20-16(23)14-12(2)18-17(25-14)21-6-8-24-9-7-21/h3-5,10H,6-9H2,1-2H3,(H,19,22)(H,20,23). The Balaban J connectivity index is 1.63. The van der Waals surface area contributed by atoms with Gasteiger partial charge >= 0.3 is 0 Å². The number of aromatic nitrogens is 1. The molecule has 3 rings (SSSR count). The van der Waals surface area contributed by atoms with E-state index in [0.29, 0.717) is 29.3 Å². The normalized spacial score (nSPS) is 14.2. The summed E-state index contributed by atoms with van der Waals surface area (Å²) in [6.45, 7) is 6.54. The third-order valence-corrected chi connectivity index (χ3v) is 5.06. The Morgan fingerprint density at radius 1 is 1.16 bits per heavy atom. The second kappa shape index (κ2) is 7.62. The summed E-state index contributed by atoms with van der Waals surface area (Å²) in [4.78, 5) is 31.5. The Labute approximate surface area is 150 Å². The van der Waals surface area contributed by atoms with Gasteiger partial charge in [-0.25, -0.2) is 4.98 Å². The Kier molecular flexibility index (Phi) is 5.30. The molecule has 2 N–H and O–H groups in total. The Bertz CT molecular complexity index is 784. The molecule has 1 fully saturated rings. The molecular formula is C17H20N4O3S. The number of hydrazine groups is 1. The van der Waals surface area contributed by atoms with Crippen LogP contribution in [-0.4, -0.2) is 43.1 Å². The molecular weight excluding hydrogens is 340 g/mol. The van der Waals surface area contributed by atoms with E-state index in [1.165, 1.54) is 11.3 Å². The van der Waals surface area contributed by atoms with Crippen LogP contribution in [0.25, 0.3) is 0 Å². The molecule has 1 aliphatic heterocycles. The van der Waals surface area contributed by atoms with E-state index in [1.807, 2.05) is 13.0 Å². The number of anilines is 1. The number of thiazole rings is 1. The lowest BCUT2D eigenvalue weighted by Crippen LogP contribution is -2.41. The molecule has 0 saturated carbocycles. The minimum atomic E-state index is -0.365. The second-order valence-electron chi connectivity index (χ2n) is 5.79. The largest absolute Gasteiger partial charge is 0.378 e. The molecule has 8 heteroatoms. The van der Waals surface area contributed by atoms with Gasteiger partial charge in [-0.05, 0) is 26.0 Å². The maximum absolute atomic E-state index is 12.4. The summed E-state index contributed by atoms with van der Waals surface area (Å²) in [5.74, 6) is -0.719. The fourth-order valence-corrected chi connectivity index (χ4v) is 3.53. The number of ether oxygens (including phenoxy) is 1. The van der Waals surface area contributed by atoms with Crippen LogP contribution in [0.15, 0.2) is 24.3 Å². The lowest BCUT2D eigenvalue weighted by atomic mass is 10.1. The predicted molar refractivity (Wildman–Crippen MR) is 96.0 cm³/mol. The molecule has 25 heavy (non-hydrogen) atoms. The number of carbonyl (C=O) groups is 2. The molecule has 0 aliphatic carbocycles. The van der Waals surface area contributed by atoms with Gasteiger partial charge < -0.3 is 9.64 Å². The molecule has 1 aliphatic rings. The van der Waals surface area contributed by atoms with Gasteiger partial charge in [0.25, 0.3) is 11.8 Å². The van der Waals surface area contributed by atoms with E-state index in [9.17, 15) is 9.59 Å². The quantitative estimate of drug-likeness (QED) is 0.814. The van der Waals surface area contributed by atoms with Gasteiger partial charge in [-0.15, -0.1) is 0 Å². The maximum atomic E-state index is 12.4. The summed E-state index contributed by atoms with van der Waals surface area (Å²) in [7, 11) is 0. The molecule has 2 amide bonds. The van der Waals surface area contributed by atoms with E-state index >= 15 is 0 Å². The van der Waals surface area contributed by atoms with Gasteiger partial charge in [0, 0.05) is 18.7 Å². The van der Waals surface area contributed by atoms with E-state index in [2.05, 4.69) is 20.7 Å². The fraction of sp³-hybridized carbons (Fsp3) is 0.353. The summed E-state index contributed by atoms with van der Waals surface area (Å²) in [6.07, 6.45) is 0. The van der Waals surface area contributed by atoms with Crippen molar-refractivity contribution >= 4 is 28.3 Å². The lowest BCUT2D eigenvalue weighted by molar-refractivity contribution is 0.0848. The summed E-state index contributed by atoms with van der Waals surface area (Å²) in [6, 6.07) is 7.16. The van der Waals surface area contributed by atoms with E-state index in [4.69, 9.17) is 4.74 Å². The van der Waals surface area contributed by atoms with Gasteiger partial charge in [0.2, 0.25) is 0 Å². The first-order valence-corrected chi connectivity index (χ1v) is 8.83. The molecule has 0 atom stereocenters. The molecule has 2 heterocycles. The zero-order chi connectivity index (χ0) is 17.8. The zero-order valence-corrected chi connectivity index (χ0v) is 15.0. The molecule has 2 aromatic rings. The highest BCUT2D eigenvalue weighted by molar-refractivity contribution is 7.17. The van der Waals surface area contributed by atoms with Crippen LogP contribution in [-0.2, 0) is 4.74 Å². The number of benzene rings is 1. The van der Waals surface area contributed by atoms with Gasteiger partial charge in [0.15, 0.2) is 5.13 Å². The zero-order valence-electron chi connectivity index (χ0n) is 14.2. The summed E-state index contributed by atoms with van der Waals surface area (Å²) >= 11 is 1.32. The Morgan fingerprint density at radius 2 is 1.88 bits per heavy atom. The van der Waals surface area contributed by atoms with E-state index in [-0.39, 0.29) is 11.8 Å². The van der Waals surface area contributed by atoms with Gasteiger partial charge in [-0.2, -0.15) is 0 Å². The van der Waals surface area contributed by atoms with E-state index in [0.717, 1.165) is 23.8 Å². The van der Waals surface area contributed by atoms with Crippen LogP contribution in [0.1, 0.15) is 31.3 Å². The van der Waals surface area contributed by atoms with Crippen molar-refractivity contribution < 1.29 is 14.3 Å². The number of nitrogens with zero attached hydrogens (tertiary/aromatic N) is 2. The number of carbonyl (C=O) groups excluding carboxylic acids is 2. The van der Waals surface area contributed by atoms with Crippen molar-refractivity contribution in [2.24, 2.45) is 0 Å². The van der Waals surface area contributed by atoms with Crippen LogP contribution in [0.2, 0.25) is 0 Å². The molecule has 0 unspecified atom stereocenters. The highest BCUT2D eigenvalue weighted by Crippen LogP contribution is 2.26. The van der Waals surface area contributed by atoms with Crippen molar-refractivity contribution in [3.05, 3.63) is 46.0 Å². The fourth-order valence-electron chi connectivity index (χ4n) is 2.51. The molecule has 1 aromatic heterocycles. The second-order valence-corrected chi connectivity index (χ2v) is 6.77. The molecule has 7 nitrogen and oxygen atoms in total. The van der Waals surface area contributed by atoms with Crippen molar-refractivity contribution in [1.29, 1.82) is 0 Å². The first-order chi connectivity index (χ1) is 12.0. The smallest absolute Gasteiger partial charge is 0.281 e. The predicted octanol–water partition coefficient (Wildman–Crippen LogP) is 1.67. The number of amides is 2. The first-order valence-electron chi connectivity index (χ1n) is 8.02. The number of nitrogens with one attached hydrogen (secondary N) is 2. The Morgan fingerprint density at radius 3 is 2.60 bits per heavy atom. The minimum Gasteiger partial charge on any atom is -0.378 e. The molecule has 132 valence electrons. The van der Waals surface area contributed by atoms with Crippen molar-refractivity contribution in [1.82, 2.24) is 15.8 Å². The van der Waals surface area contributed by atoms with Crippen LogP contribution in [0.3, 0.4) is 0 Å². The van der Waals surface area contributed by atoms with Crippen molar-refractivity contribution in [3.63, 3.8) is 0 Å². The van der Waals surface area contributed by atoms with Crippen LogP contribution < -0.4 is 15.8 Å².